The quantitative estimate of drug-likeness (QED) is 0.767. The van der Waals surface area contributed by atoms with Gasteiger partial charge < -0.3 is 20.6 Å². The molecule has 2 aromatic rings. The van der Waals surface area contributed by atoms with Crippen LogP contribution in [-0.4, -0.2) is 29.7 Å². The fraction of sp³-hybridized carbons (Fsp3) is 0.308. The summed E-state index contributed by atoms with van der Waals surface area (Å²) in [6, 6.07) is 5.54. The van der Waals surface area contributed by atoms with Gasteiger partial charge in [-0.25, -0.2) is 0 Å². The van der Waals surface area contributed by atoms with Gasteiger partial charge in [-0.05, 0) is 30.7 Å². The number of carboxylic acid groups (broad SMARTS) is 1. The zero-order chi connectivity index (χ0) is 13.3. The number of aliphatic carboxylic acids is 1. The van der Waals surface area contributed by atoms with E-state index in [1.165, 1.54) is 0 Å². The molecule has 0 saturated heterocycles. The highest BCUT2D eigenvalue weighted by Gasteiger charge is 2.24. The Hall–Kier alpha value is -2.01. The molecule has 0 aliphatic carbocycles. The normalized spacial score (nSPS) is 12.6. The highest BCUT2D eigenvalue weighted by Crippen LogP contribution is 2.31. The Morgan fingerprint density at radius 3 is 2.83 bits per heavy atom. The van der Waals surface area contributed by atoms with Crippen molar-refractivity contribution in [2.75, 3.05) is 13.7 Å². The van der Waals surface area contributed by atoms with E-state index < -0.39 is 11.9 Å². The summed E-state index contributed by atoms with van der Waals surface area (Å²) in [6.07, 6.45) is 0. The second-order valence-corrected chi connectivity index (χ2v) is 4.20. The maximum atomic E-state index is 11.3. The topological polar surface area (TPSA) is 88.3 Å². The molecule has 0 fully saturated rings. The molecule has 96 valence electrons. The predicted molar refractivity (Wildman–Crippen MR) is 69.0 cm³/mol. The smallest absolute Gasteiger partial charge is 0.312 e. The Morgan fingerprint density at radius 2 is 2.28 bits per heavy atom. The van der Waals surface area contributed by atoms with E-state index in [9.17, 15) is 9.90 Å². The molecule has 0 aliphatic heterocycles. The van der Waals surface area contributed by atoms with Gasteiger partial charge in [0.15, 0.2) is 0 Å². The molecule has 4 N–H and O–H groups in total. The standard InChI is InChI=1S/C13H16N2O3/c1-7-12(10(6-14)13(16)17)9-5-8(18-2)3-4-11(9)15-7/h3-5,10,15H,6,14H2,1-2H3,(H,16,17)/t10-/m0/s1. The first-order chi connectivity index (χ1) is 8.58. The van der Waals surface area contributed by atoms with Crippen LogP contribution in [0.2, 0.25) is 0 Å². The molecule has 0 aliphatic rings. The minimum absolute atomic E-state index is 0.0698. The number of rotatable bonds is 4. The third kappa shape index (κ3) is 1.93. The van der Waals surface area contributed by atoms with Gasteiger partial charge in [-0.1, -0.05) is 0 Å². The van der Waals surface area contributed by atoms with E-state index in [0.717, 1.165) is 22.2 Å². The molecule has 1 heterocycles. The summed E-state index contributed by atoms with van der Waals surface area (Å²) in [5, 5.41) is 10.1. The van der Waals surface area contributed by atoms with Crippen LogP contribution in [0.15, 0.2) is 18.2 Å². The summed E-state index contributed by atoms with van der Waals surface area (Å²) in [7, 11) is 1.58. The molecule has 1 aromatic heterocycles. The van der Waals surface area contributed by atoms with E-state index in [1.807, 2.05) is 25.1 Å². The summed E-state index contributed by atoms with van der Waals surface area (Å²) >= 11 is 0. The number of aromatic nitrogens is 1. The van der Waals surface area contributed by atoms with Gasteiger partial charge in [0.2, 0.25) is 0 Å². The number of benzene rings is 1. The van der Waals surface area contributed by atoms with Crippen molar-refractivity contribution in [2.45, 2.75) is 12.8 Å². The van der Waals surface area contributed by atoms with Gasteiger partial charge >= 0.3 is 5.97 Å². The SMILES string of the molecule is COc1ccc2[nH]c(C)c([C@H](CN)C(=O)O)c2c1. The summed E-state index contributed by atoms with van der Waals surface area (Å²) in [4.78, 5) is 14.4. The summed E-state index contributed by atoms with van der Waals surface area (Å²) in [6.45, 7) is 1.92. The van der Waals surface area contributed by atoms with Crippen LogP contribution >= 0.6 is 0 Å². The van der Waals surface area contributed by atoms with Crippen molar-refractivity contribution >= 4 is 16.9 Å². The van der Waals surface area contributed by atoms with Crippen LogP contribution in [-0.2, 0) is 4.79 Å². The molecular weight excluding hydrogens is 232 g/mol. The molecule has 1 aromatic carbocycles. The lowest BCUT2D eigenvalue weighted by atomic mass is 9.96. The van der Waals surface area contributed by atoms with Crippen LogP contribution in [0.3, 0.4) is 0 Å². The summed E-state index contributed by atoms with van der Waals surface area (Å²) < 4.78 is 5.17. The molecule has 5 nitrogen and oxygen atoms in total. The average Bonchev–Trinajstić information content (AvgIpc) is 2.66. The van der Waals surface area contributed by atoms with Crippen LogP contribution in [0.1, 0.15) is 17.2 Å². The monoisotopic (exact) mass is 248 g/mol. The summed E-state index contributed by atoms with van der Waals surface area (Å²) in [5.41, 5.74) is 8.03. The number of ether oxygens (including phenoxy) is 1. The van der Waals surface area contributed by atoms with Crippen LogP contribution in [0, 0.1) is 6.92 Å². The Bertz CT molecular complexity index is 589. The van der Waals surface area contributed by atoms with E-state index >= 15 is 0 Å². The lowest BCUT2D eigenvalue weighted by Crippen LogP contribution is -2.21. The van der Waals surface area contributed by atoms with Gasteiger partial charge in [0, 0.05) is 23.1 Å². The Labute approximate surface area is 105 Å². The molecular formula is C13H16N2O3. The fourth-order valence-electron chi connectivity index (χ4n) is 2.24. The predicted octanol–water partition coefficient (Wildman–Crippen LogP) is 1.61. The fourth-order valence-corrected chi connectivity index (χ4v) is 2.24. The first-order valence-corrected chi connectivity index (χ1v) is 5.67. The van der Waals surface area contributed by atoms with Crippen LogP contribution in [0.25, 0.3) is 10.9 Å². The van der Waals surface area contributed by atoms with Gasteiger partial charge in [0.05, 0.1) is 13.0 Å². The minimum Gasteiger partial charge on any atom is -0.497 e. The maximum Gasteiger partial charge on any atom is 0.312 e. The van der Waals surface area contributed by atoms with Gasteiger partial charge in [-0.2, -0.15) is 0 Å². The number of hydrogen-bond donors (Lipinski definition) is 3. The van der Waals surface area contributed by atoms with Crippen LogP contribution < -0.4 is 10.5 Å². The number of nitrogens with two attached hydrogens (primary N) is 1. The lowest BCUT2D eigenvalue weighted by molar-refractivity contribution is -0.138. The Kier molecular flexibility index (Phi) is 3.25. The Balaban J connectivity index is 2.67. The maximum absolute atomic E-state index is 11.3. The Morgan fingerprint density at radius 1 is 1.56 bits per heavy atom. The van der Waals surface area contributed by atoms with Crippen molar-refractivity contribution in [3.05, 3.63) is 29.5 Å². The number of hydrogen-bond acceptors (Lipinski definition) is 3. The zero-order valence-electron chi connectivity index (χ0n) is 10.4. The molecule has 1 atom stereocenters. The van der Waals surface area contributed by atoms with Crippen molar-refractivity contribution in [1.29, 1.82) is 0 Å². The molecule has 0 saturated carbocycles. The number of methoxy groups -OCH3 is 1. The highest BCUT2D eigenvalue weighted by molar-refractivity contribution is 5.91. The van der Waals surface area contributed by atoms with E-state index in [4.69, 9.17) is 10.5 Å². The van der Waals surface area contributed by atoms with Gasteiger partial charge in [0.25, 0.3) is 0 Å². The first-order valence-electron chi connectivity index (χ1n) is 5.67. The van der Waals surface area contributed by atoms with Crippen molar-refractivity contribution < 1.29 is 14.6 Å². The van der Waals surface area contributed by atoms with Gasteiger partial charge in [0.1, 0.15) is 5.75 Å². The number of carboxylic acids is 1. The largest absolute Gasteiger partial charge is 0.497 e. The second kappa shape index (κ2) is 4.70. The number of H-pyrrole nitrogens is 1. The molecule has 0 radical (unpaired) electrons. The molecule has 0 bridgehead atoms. The van der Waals surface area contributed by atoms with E-state index in [2.05, 4.69) is 4.98 Å². The van der Waals surface area contributed by atoms with Crippen molar-refractivity contribution in [3.63, 3.8) is 0 Å². The molecule has 0 spiro atoms. The average molecular weight is 248 g/mol. The van der Waals surface area contributed by atoms with Crippen LogP contribution in [0.4, 0.5) is 0 Å². The molecule has 5 heteroatoms. The molecule has 0 amide bonds. The first kappa shape index (κ1) is 12.4. The third-order valence-electron chi connectivity index (χ3n) is 3.13. The van der Waals surface area contributed by atoms with E-state index in [1.54, 1.807) is 7.11 Å². The minimum atomic E-state index is -0.913. The molecule has 2 rings (SSSR count). The summed E-state index contributed by atoms with van der Waals surface area (Å²) in [5.74, 6) is -0.918. The lowest BCUT2D eigenvalue weighted by Gasteiger charge is -2.10. The number of aromatic amines is 1. The number of aryl methyl sites for hydroxylation is 1. The number of nitrogens with one attached hydrogen (secondary N) is 1. The zero-order valence-corrected chi connectivity index (χ0v) is 10.4. The number of carbonyl (C=O) groups is 1. The van der Waals surface area contributed by atoms with Crippen LogP contribution in [0.5, 0.6) is 5.75 Å². The molecule has 0 unspecified atom stereocenters. The van der Waals surface area contributed by atoms with Crippen molar-refractivity contribution in [1.82, 2.24) is 4.98 Å². The third-order valence-corrected chi connectivity index (χ3v) is 3.13. The second-order valence-electron chi connectivity index (χ2n) is 4.20. The number of fused-ring (bicyclic) bond motifs is 1. The van der Waals surface area contributed by atoms with Gasteiger partial charge in [-0.15, -0.1) is 0 Å². The molecule has 18 heavy (non-hydrogen) atoms. The van der Waals surface area contributed by atoms with E-state index in [-0.39, 0.29) is 6.54 Å². The van der Waals surface area contributed by atoms with Gasteiger partial charge in [-0.3, -0.25) is 4.79 Å². The van der Waals surface area contributed by atoms with E-state index in [0.29, 0.717) is 5.75 Å². The van der Waals surface area contributed by atoms with Crippen molar-refractivity contribution in [2.24, 2.45) is 5.73 Å². The van der Waals surface area contributed by atoms with Crippen molar-refractivity contribution in [3.8, 4) is 5.75 Å². The highest BCUT2D eigenvalue weighted by atomic mass is 16.5.